The summed E-state index contributed by atoms with van der Waals surface area (Å²) in [5.74, 6) is -0.307. The number of aryl methyl sites for hydroxylation is 2. The van der Waals surface area contributed by atoms with Crippen LogP contribution in [0.1, 0.15) is 48.2 Å². The van der Waals surface area contributed by atoms with E-state index in [4.69, 9.17) is 4.98 Å². The number of anilines is 1. The number of carboxylic acids is 1. The SMILES string of the molecule is CCc1cc(C)c2nc(N3CCCC3C)c(C(=O)O)c(-c3ccccc3)c2c1. The largest absolute Gasteiger partial charge is 0.478 e. The Morgan fingerprint density at radius 3 is 2.61 bits per heavy atom. The Morgan fingerprint density at radius 1 is 1.25 bits per heavy atom. The number of aromatic carboxylic acids is 1. The molecule has 4 nitrogen and oxygen atoms in total. The Balaban J connectivity index is 2.15. The molecule has 1 aliphatic heterocycles. The highest BCUT2D eigenvalue weighted by molar-refractivity contribution is 6.11. The van der Waals surface area contributed by atoms with Gasteiger partial charge in [0.25, 0.3) is 0 Å². The van der Waals surface area contributed by atoms with E-state index in [1.54, 1.807) is 0 Å². The van der Waals surface area contributed by atoms with Crippen LogP contribution in [0.15, 0.2) is 42.5 Å². The molecule has 2 aromatic carbocycles. The summed E-state index contributed by atoms with van der Waals surface area (Å²) < 4.78 is 0. The molecule has 0 saturated carbocycles. The molecule has 28 heavy (non-hydrogen) atoms. The summed E-state index contributed by atoms with van der Waals surface area (Å²) in [4.78, 5) is 19.6. The van der Waals surface area contributed by atoms with Crippen molar-refractivity contribution in [1.82, 2.24) is 4.98 Å². The van der Waals surface area contributed by atoms with E-state index in [0.717, 1.165) is 53.4 Å². The van der Waals surface area contributed by atoms with Gasteiger partial charge in [-0.2, -0.15) is 0 Å². The number of hydrogen-bond acceptors (Lipinski definition) is 3. The molecule has 0 spiro atoms. The molecule has 3 aromatic rings. The van der Waals surface area contributed by atoms with Gasteiger partial charge in [-0.1, -0.05) is 43.3 Å². The van der Waals surface area contributed by atoms with E-state index < -0.39 is 5.97 Å². The van der Waals surface area contributed by atoms with Gasteiger partial charge in [0, 0.05) is 23.5 Å². The third-order valence-electron chi connectivity index (χ3n) is 5.83. The number of aromatic nitrogens is 1. The fourth-order valence-corrected chi connectivity index (χ4v) is 4.37. The second-order valence-corrected chi connectivity index (χ2v) is 7.70. The van der Waals surface area contributed by atoms with Crippen LogP contribution < -0.4 is 4.90 Å². The van der Waals surface area contributed by atoms with Gasteiger partial charge < -0.3 is 10.0 Å². The quantitative estimate of drug-likeness (QED) is 0.659. The first kappa shape index (κ1) is 18.5. The van der Waals surface area contributed by atoms with Crippen molar-refractivity contribution >= 4 is 22.7 Å². The number of fused-ring (bicyclic) bond motifs is 1. The average Bonchev–Trinajstić information content (AvgIpc) is 3.12. The molecule has 0 aliphatic carbocycles. The predicted octanol–water partition coefficient (Wildman–Crippen LogP) is 5.46. The first-order chi connectivity index (χ1) is 13.5. The topological polar surface area (TPSA) is 53.4 Å². The fourth-order valence-electron chi connectivity index (χ4n) is 4.37. The molecule has 1 fully saturated rings. The first-order valence-corrected chi connectivity index (χ1v) is 10.0. The zero-order valence-electron chi connectivity index (χ0n) is 16.7. The number of nitrogens with zero attached hydrogens (tertiary/aromatic N) is 2. The highest BCUT2D eigenvalue weighted by atomic mass is 16.4. The number of rotatable bonds is 4. The first-order valence-electron chi connectivity index (χ1n) is 10.0. The zero-order valence-corrected chi connectivity index (χ0v) is 16.7. The zero-order chi connectivity index (χ0) is 19.8. The lowest BCUT2D eigenvalue weighted by Gasteiger charge is -2.27. The number of pyridine rings is 1. The van der Waals surface area contributed by atoms with E-state index in [0.29, 0.717) is 17.4 Å². The van der Waals surface area contributed by atoms with Crippen molar-refractivity contribution in [2.45, 2.75) is 46.1 Å². The van der Waals surface area contributed by atoms with Gasteiger partial charge in [-0.3, -0.25) is 0 Å². The van der Waals surface area contributed by atoms with Gasteiger partial charge in [0.2, 0.25) is 0 Å². The summed E-state index contributed by atoms with van der Waals surface area (Å²) in [6.45, 7) is 7.19. The molecule has 2 heterocycles. The summed E-state index contributed by atoms with van der Waals surface area (Å²) in [5, 5.41) is 11.2. The minimum absolute atomic E-state index is 0.293. The maximum Gasteiger partial charge on any atom is 0.340 e. The molecular weight excluding hydrogens is 348 g/mol. The van der Waals surface area contributed by atoms with E-state index in [1.165, 1.54) is 5.56 Å². The van der Waals surface area contributed by atoms with Gasteiger partial charge in [-0.15, -0.1) is 0 Å². The number of hydrogen-bond donors (Lipinski definition) is 1. The standard InChI is InChI=1S/C24H26N2O2/c1-4-17-13-15(2)22-19(14-17)20(18-10-6-5-7-11-18)21(24(27)28)23(25-22)26-12-8-9-16(26)3/h5-7,10-11,13-14,16H,4,8-9,12H2,1-3H3,(H,27,28). The minimum Gasteiger partial charge on any atom is -0.478 e. The molecule has 1 aliphatic rings. The van der Waals surface area contributed by atoms with Crippen molar-refractivity contribution in [3.8, 4) is 11.1 Å². The van der Waals surface area contributed by atoms with Crippen LogP contribution in [0.25, 0.3) is 22.0 Å². The normalized spacial score (nSPS) is 16.7. The second kappa shape index (κ2) is 7.27. The monoisotopic (exact) mass is 374 g/mol. The van der Waals surface area contributed by atoms with Crippen LogP contribution >= 0.6 is 0 Å². The number of carboxylic acid groups (broad SMARTS) is 1. The van der Waals surface area contributed by atoms with Crippen LogP contribution in [0.3, 0.4) is 0 Å². The Morgan fingerprint density at radius 2 is 2.00 bits per heavy atom. The van der Waals surface area contributed by atoms with E-state index in [1.807, 2.05) is 30.3 Å². The summed E-state index contributed by atoms with van der Waals surface area (Å²) >= 11 is 0. The van der Waals surface area contributed by atoms with Crippen molar-refractivity contribution in [1.29, 1.82) is 0 Å². The van der Waals surface area contributed by atoms with Crippen LogP contribution in [0.2, 0.25) is 0 Å². The maximum absolute atomic E-state index is 12.5. The average molecular weight is 374 g/mol. The van der Waals surface area contributed by atoms with Crippen molar-refractivity contribution in [3.63, 3.8) is 0 Å². The molecule has 0 bridgehead atoms. The Kier molecular flexibility index (Phi) is 4.80. The molecule has 4 rings (SSSR count). The molecule has 144 valence electrons. The highest BCUT2D eigenvalue weighted by Gasteiger charge is 2.30. The third-order valence-corrected chi connectivity index (χ3v) is 5.83. The smallest absolute Gasteiger partial charge is 0.340 e. The number of benzene rings is 2. The predicted molar refractivity (Wildman–Crippen MR) is 114 cm³/mol. The van der Waals surface area contributed by atoms with E-state index in [9.17, 15) is 9.90 Å². The van der Waals surface area contributed by atoms with E-state index in [-0.39, 0.29) is 0 Å². The molecular formula is C24H26N2O2. The molecule has 1 aromatic heterocycles. The summed E-state index contributed by atoms with van der Waals surface area (Å²) in [6.07, 6.45) is 3.03. The molecule has 0 amide bonds. The lowest BCUT2D eigenvalue weighted by atomic mass is 9.92. The van der Waals surface area contributed by atoms with Gasteiger partial charge in [-0.05, 0) is 55.9 Å². The Hall–Kier alpha value is -2.88. The van der Waals surface area contributed by atoms with Crippen LogP contribution in [-0.4, -0.2) is 28.6 Å². The van der Waals surface area contributed by atoms with Crippen LogP contribution in [-0.2, 0) is 6.42 Å². The number of carbonyl (C=O) groups is 1. The fraction of sp³-hybridized carbons (Fsp3) is 0.333. The second-order valence-electron chi connectivity index (χ2n) is 7.70. The summed E-state index contributed by atoms with van der Waals surface area (Å²) in [5.41, 5.74) is 5.22. The maximum atomic E-state index is 12.5. The van der Waals surface area contributed by atoms with Gasteiger partial charge in [-0.25, -0.2) is 9.78 Å². The van der Waals surface area contributed by atoms with Gasteiger partial charge in [0.05, 0.1) is 5.52 Å². The third kappa shape index (κ3) is 3.03. The summed E-state index contributed by atoms with van der Waals surface area (Å²) in [7, 11) is 0. The summed E-state index contributed by atoms with van der Waals surface area (Å²) in [6, 6.07) is 14.4. The van der Waals surface area contributed by atoms with E-state index >= 15 is 0 Å². The van der Waals surface area contributed by atoms with E-state index in [2.05, 4.69) is 37.8 Å². The molecule has 1 atom stereocenters. The van der Waals surface area contributed by atoms with Crippen LogP contribution in [0.4, 0.5) is 5.82 Å². The lowest BCUT2D eigenvalue weighted by molar-refractivity contribution is 0.0698. The molecule has 1 unspecified atom stereocenters. The molecule has 0 radical (unpaired) electrons. The van der Waals surface area contributed by atoms with Crippen molar-refractivity contribution in [3.05, 3.63) is 59.2 Å². The Bertz CT molecular complexity index is 1040. The van der Waals surface area contributed by atoms with Gasteiger partial charge >= 0.3 is 5.97 Å². The van der Waals surface area contributed by atoms with Gasteiger partial charge in [0.15, 0.2) is 0 Å². The van der Waals surface area contributed by atoms with Crippen molar-refractivity contribution in [2.24, 2.45) is 0 Å². The molecule has 1 N–H and O–H groups in total. The Labute approximate surface area is 165 Å². The van der Waals surface area contributed by atoms with Crippen molar-refractivity contribution < 1.29 is 9.90 Å². The highest BCUT2D eigenvalue weighted by Crippen LogP contribution is 2.40. The lowest BCUT2D eigenvalue weighted by Crippen LogP contribution is -2.29. The van der Waals surface area contributed by atoms with Crippen LogP contribution in [0.5, 0.6) is 0 Å². The molecule has 4 heteroatoms. The van der Waals surface area contributed by atoms with Crippen LogP contribution in [0, 0.1) is 6.92 Å². The minimum atomic E-state index is -0.915. The van der Waals surface area contributed by atoms with Gasteiger partial charge in [0.1, 0.15) is 11.4 Å². The molecule has 1 saturated heterocycles. The van der Waals surface area contributed by atoms with Crippen molar-refractivity contribution in [2.75, 3.05) is 11.4 Å².